The molecule has 0 aromatic heterocycles. The molecule has 0 bridgehead atoms. The Bertz CT molecular complexity index is 405. The van der Waals surface area contributed by atoms with E-state index in [2.05, 4.69) is 6.07 Å². The van der Waals surface area contributed by atoms with Crippen LogP contribution in [0.15, 0.2) is 18.2 Å². The standard InChI is InChI=1S/C15H23NO2/c1-15(2,16)10-11-6-4-9-13(17-3)14(11)18-12-7-5-8-12/h4,6,9,12H,5,7-8,10,16H2,1-3H3. The van der Waals surface area contributed by atoms with Gasteiger partial charge in [0.2, 0.25) is 0 Å². The molecule has 3 heteroatoms. The van der Waals surface area contributed by atoms with Crippen LogP contribution >= 0.6 is 0 Å². The molecular formula is C15H23NO2. The van der Waals surface area contributed by atoms with Crippen molar-refractivity contribution in [3.05, 3.63) is 23.8 Å². The second-order valence-electron chi connectivity index (χ2n) is 5.78. The van der Waals surface area contributed by atoms with Gasteiger partial charge in [-0.25, -0.2) is 0 Å². The molecule has 0 atom stereocenters. The molecule has 1 aromatic rings. The number of benzene rings is 1. The maximum Gasteiger partial charge on any atom is 0.164 e. The molecule has 1 saturated carbocycles. The lowest BCUT2D eigenvalue weighted by atomic mass is 9.94. The van der Waals surface area contributed by atoms with Crippen LogP contribution in [0.25, 0.3) is 0 Å². The van der Waals surface area contributed by atoms with Crippen LogP contribution < -0.4 is 15.2 Å². The van der Waals surface area contributed by atoms with E-state index in [1.807, 2.05) is 26.0 Å². The van der Waals surface area contributed by atoms with Crippen LogP contribution in [0.2, 0.25) is 0 Å². The van der Waals surface area contributed by atoms with Gasteiger partial charge in [0.1, 0.15) is 0 Å². The van der Waals surface area contributed by atoms with Gasteiger partial charge < -0.3 is 15.2 Å². The molecular weight excluding hydrogens is 226 g/mol. The summed E-state index contributed by atoms with van der Waals surface area (Å²) in [6.07, 6.45) is 4.68. The number of methoxy groups -OCH3 is 1. The van der Waals surface area contributed by atoms with Gasteiger partial charge >= 0.3 is 0 Å². The Labute approximate surface area is 109 Å². The largest absolute Gasteiger partial charge is 0.493 e. The summed E-state index contributed by atoms with van der Waals surface area (Å²) in [5, 5.41) is 0. The van der Waals surface area contributed by atoms with Crippen molar-refractivity contribution in [1.29, 1.82) is 0 Å². The first-order chi connectivity index (χ1) is 8.49. The number of hydrogen-bond donors (Lipinski definition) is 1. The van der Waals surface area contributed by atoms with Crippen molar-refractivity contribution >= 4 is 0 Å². The van der Waals surface area contributed by atoms with Crippen LogP contribution in [0.5, 0.6) is 11.5 Å². The Kier molecular flexibility index (Phi) is 3.81. The fourth-order valence-corrected chi connectivity index (χ4v) is 2.14. The summed E-state index contributed by atoms with van der Waals surface area (Å²) in [5.74, 6) is 1.69. The summed E-state index contributed by atoms with van der Waals surface area (Å²) in [4.78, 5) is 0. The molecule has 18 heavy (non-hydrogen) atoms. The zero-order chi connectivity index (χ0) is 13.2. The molecule has 1 aromatic carbocycles. The SMILES string of the molecule is COc1cccc(CC(C)(C)N)c1OC1CCC1. The van der Waals surface area contributed by atoms with Gasteiger partial charge in [-0.1, -0.05) is 12.1 Å². The molecule has 0 heterocycles. The normalized spacial score (nSPS) is 16.2. The average Bonchev–Trinajstić information content (AvgIpc) is 2.22. The number of nitrogens with two attached hydrogens (primary N) is 1. The Balaban J connectivity index is 2.25. The van der Waals surface area contributed by atoms with Crippen molar-refractivity contribution < 1.29 is 9.47 Å². The molecule has 100 valence electrons. The summed E-state index contributed by atoms with van der Waals surface area (Å²) in [6.45, 7) is 4.05. The van der Waals surface area contributed by atoms with Crippen LogP contribution in [0.1, 0.15) is 38.7 Å². The first-order valence-corrected chi connectivity index (χ1v) is 6.61. The van der Waals surface area contributed by atoms with Crippen LogP contribution in [-0.2, 0) is 6.42 Å². The first kappa shape index (κ1) is 13.2. The molecule has 2 rings (SSSR count). The maximum atomic E-state index is 6.11. The fraction of sp³-hybridized carbons (Fsp3) is 0.600. The highest BCUT2D eigenvalue weighted by Crippen LogP contribution is 2.36. The molecule has 0 radical (unpaired) electrons. The number of para-hydroxylation sites is 1. The first-order valence-electron chi connectivity index (χ1n) is 6.61. The Morgan fingerprint density at radius 2 is 2.06 bits per heavy atom. The zero-order valence-corrected chi connectivity index (χ0v) is 11.5. The molecule has 0 spiro atoms. The van der Waals surface area contributed by atoms with E-state index in [0.717, 1.165) is 36.3 Å². The summed E-state index contributed by atoms with van der Waals surface area (Å²) in [6, 6.07) is 6.01. The van der Waals surface area contributed by atoms with Gasteiger partial charge in [-0.2, -0.15) is 0 Å². The molecule has 0 aliphatic heterocycles. The Hall–Kier alpha value is -1.22. The van der Waals surface area contributed by atoms with Crippen molar-refractivity contribution in [3.8, 4) is 11.5 Å². The van der Waals surface area contributed by atoms with E-state index in [0.29, 0.717) is 6.10 Å². The van der Waals surface area contributed by atoms with E-state index in [-0.39, 0.29) is 5.54 Å². The topological polar surface area (TPSA) is 44.5 Å². The van der Waals surface area contributed by atoms with E-state index >= 15 is 0 Å². The predicted molar refractivity (Wildman–Crippen MR) is 73.2 cm³/mol. The average molecular weight is 249 g/mol. The maximum absolute atomic E-state index is 6.11. The third kappa shape index (κ3) is 3.16. The second-order valence-corrected chi connectivity index (χ2v) is 5.78. The van der Waals surface area contributed by atoms with Crippen molar-refractivity contribution in [2.45, 2.75) is 51.2 Å². The third-order valence-corrected chi connectivity index (χ3v) is 3.26. The number of ether oxygens (including phenoxy) is 2. The summed E-state index contributed by atoms with van der Waals surface area (Å²) in [7, 11) is 1.68. The fourth-order valence-electron chi connectivity index (χ4n) is 2.14. The third-order valence-electron chi connectivity index (χ3n) is 3.26. The number of hydrogen-bond acceptors (Lipinski definition) is 3. The van der Waals surface area contributed by atoms with Crippen molar-refractivity contribution in [2.75, 3.05) is 7.11 Å². The number of rotatable bonds is 5. The molecule has 1 aliphatic rings. The molecule has 0 unspecified atom stereocenters. The van der Waals surface area contributed by atoms with Crippen molar-refractivity contribution in [1.82, 2.24) is 0 Å². The van der Waals surface area contributed by atoms with E-state index in [1.165, 1.54) is 6.42 Å². The summed E-state index contributed by atoms with van der Waals surface area (Å²) >= 11 is 0. The molecule has 0 amide bonds. The Morgan fingerprint density at radius 3 is 2.56 bits per heavy atom. The lowest BCUT2D eigenvalue weighted by molar-refractivity contribution is 0.114. The minimum absolute atomic E-state index is 0.246. The molecule has 3 nitrogen and oxygen atoms in total. The van der Waals surface area contributed by atoms with E-state index in [9.17, 15) is 0 Å². The quantitative estimate of drug-likeness (QED) is 0.872. The smallest absolute Gasteiger partial charge is 0.164 e. The van der Waals surface area contributed by atoms with Crippen LogP contribution in [0, 0.1) is 0 Å². The van der Waals surface area contributed by atoms with Gasteiger partial charge in [0.15, 0.2) is 11.5 Å². The van der Waals surface area contributed by atoms with Gasteiger partial charge in [-0.3, -0.25) is 0 Å². The van der Waals surface area contributed by atoms with E-state index < -0.39 is 0 Å². The highest BCUT2D eigenvalue weighted by atomic mass is 16.5. The predicted octanol–water partition coefficient (Wildman–Crippen LogP) is 2.91. The lowest BCUT2D eigenvalue weighted by Gasteiger charge is -2.29. The van der Waals surface area contributed by atoms with E-state index in [1.54, 1.807) is 7.11 Å². The molecule has 2 N–H and O–H groups in total. The Morgan fingerprint density at radius 1 is 1.33 bits per heavy atom. The van der Waals surface area contributed by atoms with Crippen LogP contribution in [0.3, 0.4) is 0 Å². The van der Waals surface area contributed by atoms with Gasteiger partial charge in [-0.15, -0.1) is 0 Å². The minimum Gasteiger partial charge on any atom is -0.493 e. The van der Waals surface area contributed by atoms with E-state index in [4.69, 9.17) is 15.2 Å². The van der Waals surface area contributed by atoms with Gasteiger partial charge in [0.05, 0.1) is 13.2 Å². The lowest BCUT2D eigenvalue weighted by Crippen LogP contribution is -2.35. The van der Waals surface area contributed by atoms with Crippen LogP contribution in [-0.4, -0.2) is 18.8 Å². The van der Waals surface area contributed by atoms with Gasteiger partial charge in [0.25, 0.3) is 0 Å². The van der Waals surface area contributed by atoms with Crippen LogP contribution in [0.4, 0.5) is 0 Å². The molecule has 0 saturated heterocycles. The monoisotopic (exact) mass is 249 g/mol. The molecule has 1 aliphatic carbocycles. The highest BCUT2D eigenvalue weighted by molar-refractivity contribution is 5.47. The van der Waals surface area contributed by atoms with Gasteiger partial charge in [-0.05, 0) is 51.2 Å². The summed E-state index contributed by atoms with van der Waals surface area (Å²) in [5.41, 5.74) is 7.00. The van der Waals surface area contributed by atoms with Crippen molar-refractivity contribution in [3.63, 3.8) is 0 Å². The zero-order valence-electron chi connectivity index (χ0n) is 11.5. The second kappa shape index (κ2) is 5.19. The highest BCUT2D eigenvalue weighted by Gasteiger charge is 2.24. The van der Waals surface area contributed by atoms with Crippen molar-refractivity contribution in [2.24, 2.45) is 5.73 Å². The van der Waals surface area contributed by atoms with Gasteiger partial charge in [0, 0.05) is 5.54 Å². The molecule has 1 fully saturated rings. The minimum atomic E-state index is -0.246. The summed E-state index contributed by atoms with van der Waals surface area (Å²) < 4.78 is 11.5.